The molecule has 0 radical (unpaired) electrons. The third-order valence-electron chi connectivity index (χ3n) is 5.49. The molecule has 2 fully saturated rings. The predicted molar refractivity (Wildman–Crippen MR) is 104 cm³/mol. The summed E-state index contributed by atoms with van der Waals surface area (Å²) >= 11 is 0. The number of amides is 2. The van der Waals surface area contributed by atoms with Crippen molar-refractivity contribution in [2.24, 2.45) is 0 Å². The third kappa shape index (κ3) is 3.80. The van der Waals surface area contributed by atoms with Gasteiger partial charge in [0.05, 0.1) is 25.4 Å². The molecule has 1 unspecified atom stereocenters. The van der Waals surface area contributed by atoms with Gasteiger partial charge < -0.3 is 15.2 Å². The number of rotatable bonds is 6. The maximum Gasteiger partial charge on any atom is 0.414 e. The lowest BCUT2D eigenvalue weighted by Crippen LogP contribution is -2.33. The maximum absolute atomic E-state index is 14.8. The van der Waals surface area contributed by atoms with E-state index in [9.17, 15) is 19.1 Å². The van der Waals surface area contributed by atoms with E-state index in [1.165, 1.54) is 17.9 Å². The number of aliphatic hydroxyl groups is 1. The average molecular weight is 399 g/mol. The highest BCUT2D eigenvalue weighted by molar-refractivity contribution is 5.90. The van der Waals surface area contributed by atoms with Crippen LogP contribution in [0.25, 0.3) is 11.1 Å². The van der Waals surface area contributed by atoms with Crippen molar-refractivity contribution in [2.75, 3.05) is 24.6 Å². The first-order valence-electron chi connectivity index (χ1n) is 9.52. The topological polar surface area (TPSA) is 91.8 Å². The van der Waals surface area contributed by atoms with Crippen LogP contribution in [0, 0.1) is 5.82 Å². The number of carbonyl (C=O) groups is 2. The molecule has 7 nitrogen and oxygen atoms in total. The molecule has 1 aromatic heterocycles. The first kappa shape index (κ1) is 19.3. The second kappa shape index (κ2) is 7.44. The Morgan fingerprint density at radius 3 is 2.76 bits per heavy atom. The zero-order chi connectivity index (χ0) is 20.6. The number of nitrogens with one attached hydrogen (secondary N) is 1. The number of halogens is 1. The standard InChI is InChI=1S/C21H22FN3O4/c1-13(27)23-10-16-11-25(20(28)29-16)15-3-4-17(18(22)8-15)14-2-5-19(24-9-14)21(12-26)6-7-21/h2-5,8-9,16,26H,6-7,10-12H2,1H3,(H,23,27). The van der Waals surface area contributed by atoms with Crippen LogP contribution in [0.5, 0.6) is 0 Å². The van der Waals surface area contributed by atoms with Crippen LogP contribution in [0.15, 0.2) is 36.5 Å². The summed E-state index contributed by atoms with van der Waals surface area (Å²) in [5.74, 6) is -0.681. The van der Waals surface area contributed by atoms with E-state index in [0.717, 1.165) is 18.5 Å². The summed E-state index contributed by atoms with van der Waals surface area (Å²) in [5.41, 5.74) is 1.99. The number of anilines is 1. The molecule has 2 heterocycles. The summed E-state index contributed by atoms with van der Waals surface area (Å²) in [6, 6.07) is 8.18. The van der Waals surface area contributed by atoms with Crippen molar-refractivity contribution >= 4 is 17.7 Å². The van der Waals surface area contributed by atoms with E-state index in [-0.39, 0.29) is 31.0 Å². The van der Waals surface area contributed by atoms with E-state index in [1.807, 2.05) is 6.07 Å². The molecule has 2 N–H and O–H groups in total. The van der Waals surface area contributed by atoms with Gasteiger partial charge in [-0.1, -0.05) is 6.07 Å². The number of aromatic nitrogens is 1. The largest absolute Gasteiger partial charge is 0.442 e. The van der Waals surface area contributed by atoms with Crippen molar-refractivity contribution in [1.29, 1.82) is 0 Å². The minimum atomic E-state index is -0.572. The summed E-state index contributed by atoms with van der Waals surface area (Å²) in [5, 5.41) is 12.1. The smallest absolute Gasteiger partial charge is 0.414 e. The van der Waals surface area contributed by atoms with Crippen LogP contribution in [0.1, 0.15) is 25.5 Å². The molecule has 0 bridgehead atoms. The second-order valence-corrected chi connectivity index (χ2v) is 7.59. The average Bonchev–Trinajstić information content (AvgIpc) is 3.43. The lowest BCUT2D eigenvalue weighted by atomic mass is 10.0. The minimum absolute atomic E-state index is 0.0667. The highest BCUT2D eigenvalue weighted by Gasteiger charge is 2.45. The van der Waals surface area contributed by atoms with Gasteiger partial charge in [-0.3, -0.25) is 14.7 Å². The summed E-state index contributed by atoms with van der Waals surface area (Å²) in [6.07, 6.45) is 2.38. The number of carbonyl (C=O) groups excluding carboxylic acids is 2. The van der Waals surface area contributed by atoms with Crippen LogP contribution >= 0.6 is 0 Å². The van der Waals surface area contributed by atoms with Gasteiger partial charge in [-0.25, -0.2) is 9.18 Å². The Bertz CT molecular complexity index is 943. The molecular weight excluding hydrogens is 377 g/mol. The quantitative estimate of drug-likeness (QED) is 0.778. The number of pyridine rings is 1. The Morgan fingerprint density at radius 1 is 1.38 bits per heavy atom. The first-order chi connectivity index (χ1) is 13.9. The molecule has 1 aliphatic carbocycles. The molecule has 2 aliphatic rings. The van der Waals surface area contributed by atoms with E-state index in [0.29, 0.717) is 16.8 Å². The molecular formula is C21H22FN3O4. The SMILES string of the molecule is CC(=O)NCC1CN(c2ccc(-c3ccc(C4(CO)CC4)nc3)c(F)c2)C(=O)O1. The number of cyclic esters (lactones) is 1. The minimum Gasteiger partial charge on any atom is -0.442 e. The fraction of sp³-hybridized carbons (Fsp3) is 0.381. The zero-order valence-electron chi connectivity index (χ0n) is 16.0. The molecule has 8 heteroatoms. The van der Waals surface area contributed by atoms with E-state index in [4.69, 9.17) is 4.74 Å². The number of hydrogen-bond acceptors (Lipinski definition) is 5. The summed E-state index contributed by atoms with van der Waals surface area (Å²) in [4.78, 5) is 28.9. The molecule has 1 saturated carbocycles. The first-order valence-corrected chi connectivity index (χ1v) is 9.52. The van der Waals surface area contributed by atoms with Gasteiger partial charge in [-0.05, 0) is 37.1 Å². The molecule has 0 spiro atoms. The third-order valence-corrected chi connectivity index (χ3v) is 5.49. The van der Waals surface area contributed by atoms with Crippen molar-refractivity contribution in [2.45, 2.75) is 31.3 Å². The molecule has 1 aromatic carbocycles. The van der Waals surface area contributed by atoms with Crippen molar-refractivity contribution < 1.29 is 23.8 Å². The Hall–Kier alpha value is -3.00. The second-order valence-electron chi connectivity index (χ2n) is 7.59. The van der Waals surface area contributed by atoms with Gasteiger partial charge in [0, 0.05) is 35.4 Å². The van der Waals surface area contributed by atoms with E-state index >= 15 is 0 Å². The van der Waals surface area contributed by atoms with Gasteiger partial charge in [0.2, 0.25) is 5.91 Å². The van der Waals surface area contributed by atoms with Crippen LogP contribution in [0.2, 0.25) is 0 Å². The van der Waals surface area contributed by atoms with E-state index < -0.39 is 18.0 Å². The highest BCUT2D eigenvalue weighted by Crippen LogP contribution is 2.46. The van der Waals surface area contributed by atoms with E-state index in [2.05, 4.69) is 10.3 Å². The van der Waals surface area contributed by atoms with Gasteiger partial charge in [0.25, 0.3) is 0 Å². The van der Waals surface area contributed by atoms with Gasteiger partial charge >= 0.3 is 6.09 Å². The van der Waals surface area contributed by atoms with Crippen LogP contribution in [-0.4, -0.2) is 47.9 Å². The summed E-state index contributed by atoms with van der Waals surface area (Å²) < 4.78 is 20.0. The predicted octanol–water partition coefficient (Wildman–Crippen LogP) is 2.37. The van der Waals surface area contributed by atoms with Crippen LogP contribution < -0.4 is 10.2 Å². The molecule has 2 aromatic rings. The molecule has 1 aliphatic heterocycles. The summed E-state index contributed by atoms with van der Waals surface area (Å²) in [6.45, 7) is 1.90. The van der Waals surface area contributed by atoms with Crippen molar-refractivity contribution in [3.05, 3.63) is 48.0 Å². The van der Waals surface area contributed by atoms with Gasteiger partial charge in [-0.15, -0.1) is 0 Å². The highest BCUT2D eigenvalue weighted by atomic mass is 19.1. The molecule has 2 amide bonds. The van der Waals surface area contributed by atoms with Gasteiger partial charge in [-0.2, -0.15) is 0 Å². The fourth-order valence-electron chi connectivity index (χ4n) is 3.52. The number of aliphatic hydroxyl groups excluding tert-OH is 1. The monoisotopic (exact) mass is 399 g/mol. The number of ether oxygens (including phenoxy) is 1. The number of hydrogen-bond donors (Lipinski definition) is 2. The van der Waals surface area contributed by atoms with Crippen LogP contribution in [-0.2, 0) is 14.9 Å². The molecule has 152 valence electrons. The number of benzene rings is 1. The van der Waals surface area contributed by atoms with Gasteiger partial charge in [0.1, 0.15) is 11.9 Å². The lowest BCUT2D eigenvalue weighted by Gasteiger charge is -2.15. The fourth-order valence-corrected chi connectivity index (χ4v) is 3.52. The Morgan fingerprint density at radius 2 is 2.17 bits per heavy atom. The maximum atomic E-state index is 14.8. The molecule has 1 atom stereocenters. The summed E-state index contributed by atoms with van der Waals surface area (Å²) in [7, 11) is 0. The van der Waals surface area contributed by atoms with Crippen molar-refractivity contribution in [3.8, 4) is 11.1 Å². The van der Waals surface area contributed by atoms with E-state index in [1.54, 1.807) is 24.4 Å². The Kier molecular flexibility index (Phi) is 4.96. The van der Waals surface area contributed by atoms with Crippen molar-refractivity contribution in [1.82, 2.24) is 10.3 Å². The molecule has 29 heavy (non-hydrogen) atoms. The zero-order valence-corrected chi connectivity index (χ0v) is 16.0. The number of nitrogens with zero attached hydrogens (tertiary/aromatic N) is 2. The normalized spacial score (nSPS) is 19.8. The Labute approximate surface area is 167 Å². The lowest BCUT2D eigenvalue weighted by molar-refractivity contribution is -0.119. The van der Waals surface area contributed by atoms with Crippen LogP contribution in [0.3, 0.4) is 0 Å². The van der Waals surface area contributed by atoms with Crippen LogP contribution in [0.4, 0.5) is 14.9 Å². The Balaban J connectivity index is 1.50. The molecule has 1 saturated heterocycles. The van der Waals surface area contributed by atoms with Gasteiger partial charge in [0.15, 0.2) is 0 Å². The molecule has 4 rings (SSSR count). The van der Waals surface area contributed by atoms with Crippen molar-refractivity contribution in [3.63, 3.8) is 0 Å².